The van der Waals surface area contributed by atoms with Crippen LogP contribution in [0.25, 0.3) is 0 Å². The molecule has 4 nitrogen and oxygen atoms in total. The zero-order chi connectivity index (χ0) is 18.5. The molecule has 0 saturated carbocycles. The summed E-state index contributed by atoms with van der Waals surface area (Å²) in [5.41, 5.74) is 0.876. The molecule has 2 N–H and O–H groups in total. The molecule has 0 saturated heterocycles. The third-order valence-electron chi connectivity index (χ3n) is 4.58. The molecule has 4 heteroatoms. The molecule has 0 radical (unpaired) electrons. The Morgan fingerprint density at radius 1 is 0.880 bits per heavy atom. The van der Waals surface area contributed by atoms with Crippen molar-refractivity contribution in [3.63, 3.8) is 0 Å². The van der Waals surface area contributed by atoms with Crippen molar-refractivity contribution in [3.05, 3.63) is 23.8 Å². The van der Waals surface area contributed by atoms with Gasteiger partial charge in [-0.3, -0.25) is 4.79 Å². The highest BCUT2D eigenvalue weighted by molar-refractivity contribution is 5.76. The Bertz CT molecular complexity index is 490. The monoisotopic (exact) mass is 349 g/mol. The molecule has 0 heterocycles. The third kappa shape index (κ3) is 8.80. The van der Waals surface area contributed by atoms with E-state index in [0.29, 0.717) is 12.8 Å². The van der Waals surface area contributed by atoms with Crippen LogP contribution < -0.4 is 0 Å². The summed E-state index contributed by atoms with van der Waals surface area (Å²) in [7, 11) is 0. The lowest BCUT2D eigenvalue weighted by molar-refractivity contribution is -0.131. The predicted octanol–water partition coefficient (Wildman–Crippen LogP) is 5.02. The number of phenols is 2. The van der Waals surface area contributed by atoms with Crippen LogP contribution in [0.3, 0.4) is 0 Å². The van der Waals surface area contributed by atoms with Crippen molar-refractivity contribution in [1.82, 2.24) is 4.90 Å². The molecule has 1 rings (SSSR count). The molecule has 0 aliphatic rings. The van der Waals surface area contributed by atoms with Gasteiger partial charge in [0.15, 0.2) is 11.5 Å². The smallest absolute Gasteiger partial charge is 0.222 e. The van der Waals surface area contributed by atoms with E-state index in [1.807, 2.05) is 4.90 Å². The molecule has 0 unspecified atom stereocenters. The van der Waals surface area contributed by atoms with Crippen LogP contribution in [0.4, 0.5) is 0 Å². The van der Waals surface area contributed by atoms with Gasteiger partial charge in [0.1, 0.15) is 0 Å². The third-order valence-corrected chi connectivity index (χ3v) is 4.58. The number of benzene rings is 1. The number of carbonyl (C=O) groups excluding carboxylic acids is 1. The van der Waals surface area contributed by atoms with Crippen LogP contribution in [0, 0.1) is 0 Å². The van der Waals surface area contributed by atoms with Crippen molar-refractivity contribution in [3.8, 4) is 11.5 Å². The average molecular weight is 350 g/mol. The molecular formula is C21H35NO3. The van der Waals surface area contributed by atoms with Gasteiger partial charge in [-0.25, -0.2) is 0 Å². The number of carbonyl (C=O) groups is 1. The molecule has 0 fully saturated rings. The summed E-state index contributed by atoms with van der Waals surface area (Å²) in [5.74, 6) is -0.0509. The van der Waals surface area contributed by atoms with Gasteiger partial charge in [0.25, 0.3) is 0 Å². The second-order valence-electron chi connectivity index (χ2n) is 6.83. The highest BCUT2D eigenvalue weighted by atomic mass is 16.3. The maximum Gasteiger partial charge on any atom is 0.222 e. The van der Waals surface area contributed by atoms with Crippen LogP contribution in [-0.2, 0) is 11.2 Å². The SMILES string of the molecule is CCCCCCN(CCCCCC)C(=O)CCc1ccc(O)c(O)c1. The highest BCUT2D eigenvalue weighted by Crippen LogP contribution is 2.25. The summed E-state index contributed by atoms with van der Waals surface area (Å²) in [6, 6.07) is 4.77. The van der Waals surface area contributed by atoms with E-state index in [2.05, 4.69) is 13.8 Å². The van der Waals surface area contributed by atoms with Gasteiger partial charge >= 0.3 is 0 Å². The fraction of sp³-hybridized carbons (Fsp3) is 0.667. The van der Waals surface area contributed by atoms with Crippen molar-refractivity contribution in [2.75, 3.05) is 13.1 Å². The van der Waals surface area contributed by atoms with E-state index in [-0.39, 0.29) is 17.4 Å². The average Bonchev–Trinajstić information content (AvgIpc) is 2.61. The van der Waals surface area contributed by atoms with E-state index < -0.39 is 0 Å². The zero-order valence-corrected chi connectivity index (χ0v) is 16.0. The number of hydrogen-bond acceptors (Lipinski definition) is 3. The lowest BCUT2D eigenvalue weighted by atomic mass is 10.1. The first-order chi connectivity index (χ1) is 12.1. The van der Waals surface area contributed by atoms with Gasteiger partial charge in [-0.2, -0.15) is 0 Å². The zero-order valence-electron chi connectivity index (χ0n) is 16.0. The molecule has 0 bridgehead atoms. The highest BCUT2D eigenvalue weighted by Gasteiger charge is 2.13. The van der Waals surface area contributed by atoms with Crippen molar-refractivity contribution in [2.45, 2.75) is 78.1 Å². The van der Waals surface area contributed by atoms with E-state index >= 15 is 0 Å². The molecule has 1 amide bonds. The minimum Gasteiger partial charge on any atom is -0.504 e. The molecule has 142 valence electrons. The fourth-order valence-electron chi connectivity index (χ4n) is 2.95. The van der Waals surface area contributed by atoms with Gasteiger partial charge in [-0.15, -0.1) is 0 Å². The first kappa shape index (κ1) is 21.3. The summed E-state index contributed by atoms with van der Waals surface area (Å²) in [4.78, 5) is 14.6. The molecule has 0 aromatic heterocycles. The van der Waals surface area contributed by atoms with E-state index in [0.717, 1.165) is 31.5 Å². The maximum absolute atomic E-state index is 12.6. The number of rotatable bonds is 13. The van der Waals surface area contributed by atoms with Crippen molar-refractivity contribution in [2.24, 2.45) is 0 Å². The maximum atomic E-state index is 12.6. The summed E-state index contributed by atoms with van der Waals surface area (Å²) in [5, 5.41) is 18.9. The van der Waals surface area contributed by atoms with E-state index in [1.165, 1.54) is 50.7 Å². The van der Waals surface area contributed by atoms with E-state index in [9.17, 15) is 15.0 Å². The molecule has 0 aliphatic carbocycles. The molecule has 1 aromatic rings. The Morgan fingerprint density at radius 2 is 1.48 bits per heavy atom. The molecule has 0 atom stereocenters. The molecular weight excluding hydrogens is 314 g/mol. The van der Waals surface area contributed by atoms with Crippen LogP contribution in [0.2, 0.25) is 0 Å². The first-order valence-corrected chi connectivity index (χ1v) is 9.87. The summed E-state index contributed by atoms with van der Waals surface area (Å²) < 4.78 is 0. The topological polar surface area (TPSA) is 60.8 Å². The van der Waals surface area contributed by atoms with Crippen molar-refractivity contribution < 1.29 is 15.0 Å². The number of hydrogen-bond donors (Lipinski definition) is 2. The van der Waals surface area contributed by atoms with E-state index in [1.54, 1.807) is 6.07 Å². The number of aromatic hydroxyl groups is 2. The van der Waals surface area contributed by atoms with E-state index in [4.69, 9.17) is 0 Å². The first-order valence-electron chi connectivity index (χ1n) is 9.87. The van der Waals surface area contributed by atoms with Crippen LogP contribution in [0.15, 0.2) is 18.2 Å². The second kappa shape index (κ2) is 12.6. The van der Waals surface area contributed by atoms with Crippen molar-refractivity contribution >= 4 is 5.91 Å². The van der Waals surface area contributed by atoms with Gasteiger partial charge in [0.05, 0.1) is 0 Å². The van der Waals surface area contributed by atoms with Gasteiger partial charge in [-0.1, -0.05) is 58.4 Å². The van der Waals surface area contributed by atoms with Crippen LogP contribution in [-0.4, -0.2) is 34.1 Å². The van der Waals surface area contributed by atoms with Crippen LogP contribution in [0.1, 0.15) is 77.2 Å². The van der Waals surface area contributed by atoms with Gasteiger partial charge in [0.2, 0.25) is 5.91 Å². The molecule has 25 heavy (non-hydrogen) atoms. The fourth-order valence-corrected chi connectivity index (χ4v) is 2.95. The lowest BCUT2D eigenvalue weighted by Gasteiger charge is -2.23. The quantitative estimate of drug-likeness (QED) is 0.388. The molecule has 1 aromatic carbocycles. The van der Waals surface area contributed by atoms with Gasteiger partial charge in [-0.05, 0) is 37.0 Å². The standard InChI is InChI=1S/C21H35NO3/c1-3-5-7-9-15-22(16-10-8-6-4-2)21(25)14-12-18-11-13-19(23)20(24)17-18/h11,13,17,23-24H,3-10,12,14-16H2,1-2H3. The predicted molar refractivity (Wildman–Crippen MR) is 103 cm³/mol. The lowest BCUT2D eigenvalue weighted by Crippen LogP contribution is -2.33. The molecule has 0 spiro atoms. The van der Waals surface area contributed by atoms with Crippen LogP contribution in [0.5, 0.6) is 11.5 Å². The normalized spacial score (nSPS) is 10.8. The largest absolute Gasteiger partial charge is 0.504 e. The van der Waals surface area contributed by atoms with Gasteiger partial charge < -0.3 is 15.1 Å². The number of aryl methyl sites for hydroxylation is 1. The summed E-state index contributed by atoms with van der Waals surface area (Å²) in [6.45, 7) is 6.10. The van der Waals surface area contributed by atoms with Gasteiger partial charge in [0, 0.05) is 19.5 Å². The summed E-state index contributed by atoms with van der Waals surface area (Å²) >= 11 is 0. The number of unbranched alkanes of at least 4 members (excludes halogenated alkanes) is 6. The Kier molecular flexibility index (Phi) is 10.8. The number of amides is 1. The Labute approximate surface area is 152 Å². The van der Waals surface area contributed by atoms with Crippen molar-refractivity contribution in [1.29, 1.82) is 0 Å². The molecule has 0 aliphatic heterocycles. The van der Waals surface area contributed by atoms with Crippen LogP contribution >= 0.6 is 0 Å². The minimum atomic E-state index is -0.124. The Morgan fingerprint density at radius 3 is 2.00 bits per heavy atom. The number of phenolic OH excluding ortho intramolecular Hbond substituents is 2. The Hall–Kier alpha value is -1.71. The summed E-state index contributed by atoms with van der Waals surface area (Å²) in [6.07, 6.45) is 10.4. The second-order valence-corrected chi connectivity index (χ2v) is 6.83. The Balaban J connectivity index is 2.49. The number of nitrogens with zero attached hydrogens (tertiary/aromatic N) is 1. The minimum absolute atomic E-state index is 0.122.